The minimum atomic E-state index is 0.184. The Morgan fingerprint density at radius 2 is 1.85 bits per heavy atom. The second-order valence-electron chi connectivity index (χ2n) is 4.57. The van der Waals surface area contributed by atoms with Crippen molar-refractivity contribution in [1.82, 2.24) is 10.3 Å². The van der Waals surface area contributed by atoms with E-state index in [0.717, 1.165) is 23.6 Å². The van der Waals surface area contributed by atoms with Crippen molar-refractivity contribution in [1.29, 1.82) is 0 Å². The highest BCUT2D eigenvalue weighted by atomic mass is 16.5. The third-order valence-corrected chi connectivity index (χ3v) is 3.27. The zero-order chi connectivity index (χ0) is 14.4. The summed E-state index contributed by atoms with van der Waals surface area (Å²) in [6.07, 6.45) is 3.60. The van der Waals surface area contributed by atoms with E-state index in [1.807, 2.05) is 30.3 Å². The number of aromatic nitrogens is 1. The van der Waals surface area contributed by atoms with Crippen LogP contribution in [0.1, 0.15) is 24.1 Å². The van der Waals surface area contributed by atoms with Crippen LogP contribution in [0.4, 0.5) is 0 Å². The molecule has 20 heavy (non-hydrogen) atoms. The Bertz CT molecular complexity index is 543. The molecule has 0 spiro atoms. The van der Waals surface area contributed by atoms with Crippen molar-refractivity contribution in [2.24, 2.45) is 0 Å². The van der Waals surface area contributed by atoms with Crippen molar-refractivity contribution in [2.45, 2.75) is 19.5 Å². The van der Waals surface area contributed by atoms with Crippen molar-refractivity contribution >= 4 is 0 Å². The topological polar surface area (TPSA) is 43.4 Å². The first kappa shape index (κ1) is 14.3. The molecular weight excluding hydrogens is 252 g/mol. The van der Waals surface area contributed by atoms with Gasteiger partial charge in [0.2, 0.25) is 0 Å². The van der Waals surface area contributed by atoms with Gasteiger partial charge in [-0.05, 0) is 30.7 Å². The van der Waals surface area contributed by atoms with Crippen LogP contribution in [0.25, 0.3) is 0 Å². The number of nitrogens with zero attached hydrogens (tertiary/aromatic N) is 1. The molecule has 4 nitrogen and oxygen atoms in total. The summed E-state index contributed by atoms with van der Waals surface area (Å²) >= 11 is 0. The van der Waals surface area contributed by atoms with Crippen molar-refractivity contribution in [3.05, 3.63) is 53.9 Å². The Kier molecular flexibility index (Phi) is 4.96. The number of methoxy groups -OCH3 is 2. The molecule has 0 aliphatic heterocycles. The van der Waals surface area contributed by atoms with E-state index in [1.165, 1.54) is 5.56 Å². The summed E-state index contributed by atoms with van der Waals surface area (Å²) in [4.78, 5) is 4.02. The SMILES string of the molecule is COc1ccc(C(C)NCc2ccncc2)c(OC)c1. The maximum Gasteiger partial charge on any atom is 0.127 e. The third-order valence-electron chi connectivity index (χ3n) is 3.27. The first-order valence-electron chi connectivity index (χ1n) is 6.59. The standard InChI is InChI=1S/C16H20N2O2/c1-12(18-11-13-6-8-17-9-7-13)15-5-4-14(19-2)10-16(15)20-3/h4-10,12,18H,11H2,1-3H3. The molecule has 1 unspecified atom stereocenters. The largest absolute Gasteiger partial charge is 0.497 e. The molecule has 0 bridgehead atoms. The molecule has 0 radical (unpaired) electrons. The van der Waals surface area contributed by atoms with Crippen LogP contribution in [0.3, 0.4) is 0 Å². The molecule has 4 heteroatoms. The lowest BCUT2D eigenvalue weighted by Gasteiger charge is -2.18. The first-order valence-corrected chi connectivity index (χ1v) is 6.59. The summed E-state index contributed by atoms with van der Waals surface area (Å²) in [5, 5.41) is 3.48. The normalized spacial score (nSPS) is 11.9. The first-order chi connectivity index (χ1) is 9.74. The highest BCUT2D eigenvalue weighted by Crippen LogP contribution is 2.29. The van der Waals surface area contributed by atoms with Crippen molar-refractivity contribution in [3.63, 3.8) is 0 Å². The van der Waals surface area contributed by atoms with Gasteiger partial charge in [0.25, 0.3) is 0 Å². The zero-order valence-electron chi connectivity index (χ0n) is 12.1. The molecule has 0 aliphatic carbocycles. The van der Waals surface area contributed by atoms with Crippen molar-refractivity contribution < 1.29 is 9.47 Å². The fourth-order valence-corrected chi connectivity index (χ4v) is 2.06. The molecule has 2 rings (SSSR count). The Labute approximate surface area is 119 Å². The second-order valence-corrected chi connectivity index (χ2v) is 4.57. The molecule has 1 aromatic heterocycles. The Balaban J connectivity index is 2.07. The van der Waals surface area contributed by atoms with Crippen LogP contribution in [0.15, 0.2) is 42.7 Å². The molecule has 1 aromatic carbocycles. The van der Waals surface area contributed by atoms with E-state index in [0.29, 0.717) is 0 Å². The van der Waals surface area contributed by atoms with Crippen LogP contribution in [0.5, 0.6) is 11.5 Å². The Morgan fingerprint density at radius 3 is 2.50 bits per heavy atom. The summed E-state index contributed by atoms with van der Waals surface area (Å²) in [5.41, 5.74) is 2.32. The molecule has 1 N–H and O–H groups in total. The lowest BCUT2D eigenvalue weighted by molar-refractivity contribution is 0.386. The molecule has 0 saturated heterocycles. The van der Waals surface area contributed by atoms with Gasteiger partial charge in [-0.1, -0.05) is 6.07 Å². The van der Waals surface area contributed by atoms with Crippen LogP contribution < -0.4 is 14.8 Å². The van der Waals surface area contributed by atoms with Crippen LogP contribution in [0, 0.1) is 0 Å². The zero-order valence-corrected chi connectivity index (χ0v) is 12.1. The average Bonchev–Trinajstić information content (AvgIpc) is 2.52. The van der Waals surface area contributed by atoms with E-state index in [4.69, 9.17) is 9.47 Å². The van der Waals surface area contributed by atoms with Crippen molar-refractivity contribution in [3.8, 4) is 11.5 Å². The fraction of sp³-hybridized carbons (Fsp3) is 0.312. The Hall–Kier alpha value is -2.07. The smallest absolute Gasteiger partial charge is 0.127 e. The van der Waals surface area contributed by atoms with E-state index in [9.17, 15) is 0 Å². The maximum absolute atomic E-state index is 5.43. The van der Waals surface area contributed by atoms with Gasteiger partial charge in [-0.2, -0.15) is 0 Å². The number of benzene rings is 1. The molecule has 0 amide bonds. The van der Waals surface area contributed by atoms with Gasteiger partial charge in [-0.3, -0.25) is 4.98 Å². The molecule has 2 aromatic rings. The summed E-state index contributed by atoms with van der Waals surface area (Å²) in [6, 6.07) is 10.1. The van der Waals surface area contributed by atoms with Crippen LogP contribution in [-0.4, -0.2) is 19.2 Å². The average molecular weight is 272 g/mol. The lowest BCUT2D eigenvalue weighted by Crippen LogP contribution is -2.18. The predicted molar refractivity (Wildman–Crippen MR) is 79.0 cm³/mol. The number of hydrogen-bond donors (Lipinski definition) is 1. The van der Waals surface area contributed by atoms with Gasteiger partial charge in [-0.15, -0.1) is 0 Å². The predicted octanol–water partition coefficient (Wildman–Crippen LogP) is 2.95. The second kappa shape index (κ2) is 6.91. The fourth-order valence-electron chi connectivity index (χ4n) is 2.06. The van der Waals surface area contributed by atoms with E-state index in [2.05, 4.69) is 17.2 Å². The summed E-state index contributed by atoms with van der Waals surface area (Å²) in [7, 11) is 3.33. The third kappa shape index (κ3) is 3.48. The Morgan fingerprint density at radius 1 is 1.10 bits per heavy atom. The number of ether oxygens (including phenoxy) is 2. The molecule has 106 valence electrons. The van der Waals surface area contributed by atoms with Gasteiger partial charge in [-0.25, -0.2) is 0 Å². The van der Waals surface area contributed by atoms with E-state index in [-0.39, 0.29) is 6.04 Å². The van der Waals surface area contributed by atoms with Crippen LogP contribution >= 0.6 is 0 Å². The summed E-state index contributed by atoms with van der Waals surface area (Å²) in [5.74, 6) is 1.63. The highest BCUT2D eigenvalue weighted by Gasteiger charge is 2.12. The van der Waals surface area contributed by atoms with Gasteiger partial charge in [0, 0.05) is 36.6 Å². The number of rotatable bonds is 6. The minimum absolute atomic E-state index is 0.184. The van der Waals surface area contributed by atoms with E-state index in [1.54, 1.807) is 26.6 Å². The quantitative estimate of drug-likeness (QED) is 0.878. The van der Waals surface area contributed by atoms with Gasteiger partial charge in [0.15, 0.2) is 0 Å². The summed E-state index contributed by atoms with van der Waals surface area (Å²) < 4.78 is 10.6. The van der Waals surface area contributed by atoms with Gasteiger partial charge >= 0.3 is 0 Å². The van der Waals surface area contributed by atoms with Gasteiger partial charge in [0.1, 0.15) is 11.5 Å². The number of pyridine rings is 1. The lowest BCUT2D eigenvalue weighted by atomic mass is 10.1. The van der Waals surface area contributed by atoms with Crippen LogP contribution in [-0.2, 0) is 6.54 Å². The molecular formula is C16H20N2O2. The van der Waals surface area contributed by atoms with Crippen LogP contribution in [0.2, 0.25) is 0 Å². The molecule has 1 atom stereocenters. The maximum atomic E-state index is 5.43. The van der Waals surface area contributed by atoms with Gasteiger partial charge < -0.3 is 14.8 Å². The monoisotopic (exact) mass is 272 g/mol. The molecule has 0 saturated carbocycles. The van der Waals surface area contributed by atoms with E-state index >= 15 is 0 Å². The highest BCUT2D eigenvalue weighted by molar-refractivity contribution is 5.42. The number of hydrogen-bond acceptors (Lipinski definition) is 4. The van der Waals surface area contributed by atoms with Gasteiger partial charge in [0.05, 0.1) is 14.2 Å². The van der Waals surface area contributed by atoms with Crippen molar-refractivity contribution in [2.75, 3.05) is 14.2 Å². The minimum Gasteiger partial charge on any atom is -0.497 e. The molecule has 1 heterocycles. The number of nitrogens with one attached hydrogen (secondary N) is 1. The molecule has 0 aliphatic rings. The summed E-state index contributed by atoms with van der Waals surface area (Å²) in [6.45, 7) is 2.91. The molecule has 0 fully saturated rings. The van der Waals surface area contributed by atoms with E-state index < -0.39 is 0 Å².